The standard InChI is InChI=1S/C11H14ClIN2/c1-3-6(2)11-14-9(7-4-5-7)8(13)10(12)15-11/h6-7H,3-5H2,1-2H3. The van der Waals surface area contributed by atoms with Crippen LogP contribution < -0.4 is 0 Å². The quantitative estimate of drug-likeness (QED) is 0.613. The normalized spacial score (nSPS) is 17.9. The van der Waals surface area contributed by atoms with Crippen LogP contribution in [0.25, 0.3) is 0 Å². The average molecular weight is 337 g/mol. The zero-order chi connectivity index (χ0) is 11.0. The van der Waals surface area contributed by atoms with Gasteiger partial charge in [-0.2, -0.15) is 0 Å². The first kappa shape index (κ1) is 11.6. The number of hydrogen-bond acceptors (Lipinski definition) is 2. The van der Waals surface area contributed by atoms with Gasteiger partial charge in [0, 0.05) is 11.8 Å². The zero-order valence-electron chi connectivity index (χ0n) is 8.93. The van der Waals surface area contributed by atoms with E-state index >= 15 is 0 Å². The second-order valence-electron chi connectivity index (χ2n) is 4.16. The molecular formula is C11H14ClIN2. The highest BCUT2D eigenvalue weighted by molar-refractivity contribution is 14.1. The molecule has 2 nitrogen and oxygen atoms in total. The number of aromatic nitrogens is 2. The van der Waals surface area contributed by atoms with E-state index < -0.39 is 0 Å². The monoisotopic (exact) mass is 336 g/mol. The Kier molecular flexibility index (Phi) is 3.50. The predicted octanol–water partition coefficient (Wildman–Crippen LogP) is 4.13. The van der Waals surface area contributed by atoms with Gasteiger partial charge in [-0.1, -0.05) is 25.4 Å². The smallest absolute Gasteiger partial charge is 0.146 e. The zero-order valence-corrected chi connectivity index (χ0v) is 11.8. The first-order chi connectivity index (χ1) is 7.13. The lowest BCUT2D eigenvalue weighted by atomic mass is 10.1. The third-order valence-electron chi connectivity index (χ3n) is 2.87. The molecule has 1 aromatic rings. The molecule has 4 heteroatoms. The van der Waals surface area contributed by atoms with Gasteiger partial charge in [-0.3, -0.25) is 0 Å². The van der Waals surface area contributed by atoms with Crippen LogP contribution in [0.4, 0.5) is 0 Å². The van der Waals surface area contributed by atoms with Crippen LogP contribution in [-0.2, 0) is 0 Å². The third kappa shape index (κ3) is 2.44. The van der Waals surface area contributed by atoms with Crippen LogP contribution in [0.2, 0.25) is 5.15 Å². The first-order valence-corrected chi connectivity index (χ1v) is 6.82. The van der Waals surface area contributed by atoms with Gasteiger partial charge < -0.3 is 0 Å². The van der Waals surface area contributed by atoms with E-state index in [0.29, 0.717) is 17.0 Å². The summed E-state index contributed by atoms with van der Waals surface area (Å²) in [6.07, 6.45) is 3.56. The van der Waals surface area contributed by atoms with Gasteiger partial charge in [0.2, 0.25) is 0 Å². The van der Waals surface area contributed by atoms with E-state index in [1.165, 1.54) is 18.5 Å². The molecule has 1 saturated carbocycles. The fourth-order valence-corrected chi connectivity index (χ4v) is 2.35. The molecule has 0 spiro atoms. The van der Waals surface area contributed by atoms with E-state index in [9.17, 15) is 0 Å². The number of rotatable bonds is 3. The SMILES string of the molecule is CCC(C)c1nc(Cl)c(I)c(C2CC2)n1. The van der Waals surface area contributed by atoms with E-state index in [0.717, 1.165) is 15.8 Å². The number of hydrogen-bond donors (Lipinski definition) is 0. The summed E-state index contributed by atoms with van der Waals surface area (Å²) in [5, 5.41) is 0.628. The lowest BCUT2D eigenvalue weighted by molar-refractivity contribution is 0.669. The molecule has 0 N–H and O–H groups in total. The van der Waals surface area contributed by atoms with E-state index in [4.69, 9.17) is 11.6 Å². The van der Waals surface area contributed by atoms with Gasteiger partial charge in [-0.25, -0.2) is 9.97 Å². The van der Waals surface area contributed by atoms with Crippen molar-refractivity contribution in [2.45, 2.75) is 44.9 Å². The minimum atomic E-state index is 0.400. The molecule has 1 atom stereocenters. The molecule has 0 amide bonds. The van der Waals surface area contributed by atoms with Crippen molar-refractivity contribution in [2.75, 3.05) is 0 Å². The number of halogens is 2. The molecule has 1 aromatic heterocycles. The first-order valence-electron chi connectivity index (χ1n) is 5.36. The highest BCUT2D eigenvalue weighted by atomic mass is 127. The summed E-state index contributed by atoms with van der Waals surface area (Å²) in [7, 11) is 0. The van der Waals surface area contributed by atoms with Crippen molar-refractivity contribution in [3.05, 3.63) is 20.2 Å². The van der Waals surface area contributed by atoms with Gasteiger partial charge in [-0.05, 0) is 41.9 Å². The molecule has 1 aliphatic carbocycles. The second kappa shape index (κ2) is 4.53. The van der Waals surface area contributed by atoms with Gasteiger partial charge in [0.15, 0.2) is 0 Å². The van der Waals surface area contributed by atoms with Gasteiger partial charge >= 0.3 is 0 Å². The highest BCUT2D eigenvalue weighted by Crippen LogP contribution is 2.42. The van der Waals surface area contributed by atoms with Crippen molar-refractivity contribution in [2.24, 2.45) is 0 Å². The van der Waals surface area contributed by atoms with Crippen molar-refractivity contribution in [3.8, 4) is 0 Å². The van der Waals surface area contributed by atoms with E-state index in [1.54, 1.807) is 0 Å². The van der Waals surface area contributed by atoms with Crippen molar-refractivity contribution >= 4 is 34.2 Å². The Morgan fingerprint density at radius 2 is 2.13 bits per heavy atom. The van der Waals surface area contributed by atoms with Crippen LogP contribution in [0, 0.1) is 3.57 Å². The minimum Gasteiger partial charge on any atom is -0.236 e. The average Bonchev–Trinajstić information content (AvgIpc) is 3.04. The topological polar surface area (TPSA) is 25.8 Å². The molecular weight excluding hydrogens is 322 g/mol. The largest absolute Gasteiger partial charge is 0.236 e. The molecule has 1 aliphatic rings. The Hall–Kier alpha value is 0.1000. The fourth-order valence-electron chi connectivity index (χ4n) is 1.48. The summed E-state index contributed by atoms with van der Waals surface area (Å²) in [5.74, 6) is 1.95. The minimum absolute atomic E-state index is 0.400. The lowest BCUT2D eigenvalue weighted by Gasteiger charge is -2.11. The maximum absolute atomic E-state index is 6.13. The molecule has 0 radical (unpaired) electrons. The van der Waals surface area contributed by atoms with E-state index in [1.807, 2.05) is 0 Å². The van der Waals surface area contributed by atoms with Crippen LogP contribution in [0.15, 0.2) is 0 Å². The molecule has 0 bridgehead atoms. The summed E-state index contributed by atoms with van der Waals surface area (Å²) in [6, 6.07) is 0. The van der Waals surface area contributed by atoms with E-state index in [-0.39, 0.29) is 0 Å². The predicted molar refractivity (Wildman–Crippen MR) is 70.4 cm³/mol. The molecule has 0 aliphatic heterocycles. The molecule has 1 unspecified atom stereocenters. The Labute approximate surface area is 109 Å². The van der Waals surface area contributed by atoms with Gasteiger partial charge in [0.1, 0.15) is 11.0 Å². The van der Waals surface area contributed by atoms with Crippen LogP contribution in [0.1, 0.15) is 56.5 Å². The Morgan fingerprint density at radius 3 is 2.67 bits per heavy atom. The summed E-state index contributed by atoms with van der Waals surface area (Å²) in [6.45, 7) is 4.30. The van der Waals surface area contributed by atoms with Gasteiger partial charge in [0.25, 0.3) is 0 Å². The summed E-state index contributed by atoms with van der Waals surface area (Å²) >= 11 is 8.39. The van der Waals surface area contributed by atoms with Crippen molar-refractivity contribution in [1.82, 2.24) is 9.97 Å². The van der Waals surface area contributed by atoms with Gasteiger partial charge in [-0.15, -0.1) is 0 Å². The Balaban J connectivity index is 2.41. The molecule has 1 fully saturated rings. The molecule has 0 saturated heterocycles. The summed E-state index contributed by atoms with van der Waals surface area (Å²) in [5.41, 5.74) is 1.17. The van der Waals surface area contributed by atoms with Crippen LogP contribution >= 0.6 is 34.2 Å². The van der Waals surface area contributed by atoms with Crippen LogP contribution in [-0.4, -0.2) is 9.97 Å². The Bertz CT molecular complexity index is 377. The van der Waals surface area contributed by atoms with Crippen molar-refractivity contribution in [3.63, 3.8) is 0 Å². The van der Waals surface area contributed by atoms with Crippen molar-refractivity contribution < 1.29 is 0 Å². The molecule has 82 valence electrons. The molecule has 0 aromatic carbocycles. The Morgan fingerprint density at radius 1 is 1.47 bits per heavy atom. The van der Waals surface area contributed by atoms with E-state index in [2.05, 4.69) is 46.4 Å². The van der Waals surface area contributed by atoms with Gasteiger partial charge in [0.05, 0.1) is 9.26 Å². The fraction of sp³-hybridized carbons (Fsp3) is 0.636. The molecule has 1 heterocycles. The number of nitrogens with zero attached hydrogens (tertiary/aromatic N) is 2. The summed E-state index contributed by atoms with van der Waals surface area (Å²) in [4.78, 5) is 9.02. The molecule has 15 heavy (non-hydrogen) atoms. The molecule has 2 rings (SSSR count). The lowest BCUT2D eigenvalue weighted by Crippen LogP contribution is -2.05. The third-order valence-corrected chi connectivity index (χ3v) is 4.53. The van der Waals surface area contributed by atoms with Crippen LogP contribution in [0.3, 0.4) is 0 Å². The summed E-state index contributed by atoms with van der Waals surface area (Å²) < 4.78 is 1.05. The van der Waals surface area contributed by atoms with Crippen LogP contribution in [0.5, 0.6) is 0 Å². The highest BCUT2D eigenvalue weighted by Gasteiger charge is 2.29. The second-order valence-corrected chi connectivity index (χ2v) is 5.59. The maximum Gasteiger partial charge on any atom is 0.146 e. The van der Waals surface area contributed by atoms with Crippen molar-refractivity contribution in [1.29, 1.82) is 0 Å². The maximum atomic E-state index is 6.13.